The van der Waals surface area contributed by atoms with E-state index < -0.39 is 0 Å². The zero-order valence-corrected chi connectivity index (χ0v) is 9.51. The zero-order valence-electron chi connectivity index (χ0n) is 8.69. The Kier molecular flexibility index (Phi) is 1.94. The van der Waals surface area contributed by atoms with E-state index in [1.165, 1.54) is 0 Å². The van der Waals surface area contributed by atoms with Gasteiger partial charge in [0.2, 0.25) is 0 Å². The van der Waals surface area contributed by atoms with Crippen molar-refractivity contribution in [2.45, 2.75) is 6.92 Å². The number of aromatic nitrogens is 3. The molecule has 0 spiro atoms. The molecule has 3 aromatic heterocycles. The minimum absolute atomic E-state index is 0.736. The van der Waals surface area contributed by atoms with Crippen molar-refractivity contribution >= 4 is 28.1 Å². The number of nitrogens with one attached hydrogen (secondary N) is 1. The molecule has 3 aromatic rings. The maximum atomic E-state index is 5.88. The first-order chi connectivity index (χ1) is 7.74. The van der Waals surface area contributed by atoms with Gasteiger partial charge in [-0.1, -0.05) is 0 Å². The topological polar surface area (TPSA) is 67.6 Å². The molecular weight excluding hydrogens is 220 g/mol. The Hall–Kier alpha value is -1.88. The lowest BCUT2D eigenvalue weighted by Gasteiger charge is -1.91. The first-order valence-electron chi connectivity index (χ1n) is 4.90. The number of aromatic amines is 1. The summed E-state index contributed by atoms with van der Waals surface area (Å²) < 4.78 is 0. The summed E-state index contributed by atoms with van der Waals surface area (Å²) in [7, 11) is 0. The molecule has 0 aromatic carbocycles. The van der Waals surface area contributed by atoms with E-state index in [-0.39, 0.29) is 0 Å². The van der Waals surface area contributed by atoms with E-state index in [2.05, 4.69) is 15.0 Å². The highest BCUT2D eigenvalue weighted by Crippen LogP contribution is 2.26. The molecule has 0 aliphatic rings. The average molecular weight is 230 g/mol. The Morgan fingerprint density at radius 2 is 2.31 bits per heavy atom. The van der Waals surface area contributed by atoms with Crippen LogP contribution >= 0.6 is 11.3 Å². The molecule has 0 saturated heterocycles. The Morgan fingerprint density at radius 3 is 3.00 bits per heavy atom. The molecule has 3 N–H and O–H groups in total. The van der Waals surface area contributed by atoms with E-state index in [9.17, 15) is 0 Å². The predicted octanol–water partition coefficient (Wildman–Crippen LogP) is 2.58. The molecular formula is C11H10N4S. The van der Waals surface area contributed by atoms with Gasteiger partial charge < -0.3 is 10.7 Å². The molecule has 3 heterocycles. The minimum atomic E-state index is 0.736. The summed E-state index contributed by atoms with van der Waals surface area (Å²) in [6.07, 6.45) is 1.70. The second kappa shape index (κ2) is 3.31. The summed E-state index contributed by atoms with van der Waals surface area (Å²) in [6.45, 7) is 1.99. The Bertz CT molecular complexity index is 653. The maximum absolute atomic E-state index is 5.88. The fourth-order valence-corrected chi connectivity index (χ4v) is 2.29. The van der Waals surface area contributed by atoms with Crippen LogP contribution in [0, 0.1) is 6.92 Å². The second-order valence-corrected chi connectivity index (χ2v) is 4.66. The van der Waals surface area contributed by atoms with Gasteiger partial charge in [0, 0.05) is 22.7 Å². The maximum Gasteiger partial charge on any atom is 0.139 e. The van der Waals surface area contributed by atoms with Crippen LogP contribution in [-0.4, -0.2) is 15.0 Å². The summed E-state index contributed by atoms with van der Waals surface area (Å²) in [5.41, 5.74) is 9.32. The minimum Gasteiger partial charge on any atom is -0.398 e. The largest absolute Gasteiger partial charge is 0.398 e. The number of hydrogen-bond donors (Lipinski definition) is 2. The number of rotatable bonds is 1. The Morgan fingerprint density at radius 1 is 1.44 bits per heavy atom. The molecule has 16 heavy (non-hydrogen) atoms. The fraction of sp³-hybridized carbons (Fsp3) is 0.0909. The van der Waals surface area contributed by atoms with E-state index in [4.69, 9.17) is 5.73 Å². The van der Waals surface area contributed by atoms with E-state index in [0.29, 0.717) is 0 Å². The van der Waals surface area contributed by atoms with Gasteiger partial charge in [-0.05, 0) is 19.1 Å². The molecule has 0 saturated carbocycles. The molecule has 4 nitrogen and oxygen atoms in total. The summed E-state index contributed by atoms with van der Waals surface area (Å²) in [6, 6.07) is 3.79. The average Bonchev–Trinajstić information content (AvgIpc) is 2.84. The van der Waals surface area contributed by atoms with Crippen LogP contribution in [0.5, 0.6) is 0 Å². The summed E-state index contributed by atoms with van der Waals surface area (Å²) in [5.74, 6) is 0. The van der Waals surface area contributed by atoms with Crippen LogP contribution in [0.1, 0.15) is 5.01 Å². The third kappa shape index (κ3) is 1.37. The molecule has 0 aliphatic carbocycles. The van der Waals surface area contributed by atoms with Crippen LogP contribution in [-0.2, 0) is 0 Å². The molecule has 0 fully saturated rings. The van der Waals surface area contributed by atoms with Gasteiger partial charge in [0.05, 0.1) is 16.4 Å². The summed E-state index contributed by atoms with van der Waals surface area (Å²) in [4.78, 5) is 11.9. The smallest absolute Gasteiger partial charge is 0.139 e. The monoisotopic (exact) mass is 230 g/mol. The molecule has 5 heteroatoms. The molecule has 0 bridgehead atoms. The van der Waals surface area contributed by atoms with Crippen molar-refractivity contribution in [3.8, 4) is 11.4 Å². The zero-order chi connectivity index (χ0) is 11.1. The van der Waals surface area contributed by atoms with E-state index >= 15 is 0 Å². The van der Waals surface area contributed by atoms with Crippen molar-refractivity contribution in [1.29, 1.82) is 0 Å². The number of nitrogen functional groups attached to an aromatic ring is 1. The quantitative estimate of drug-likeness (QED) is 0.675. The lowest BCUT2D eigenvalue weighted by molar-refractivity contribution is 1.26. The third-order valence-electron chi connectivity index (χ3n) is 2.46. The normalized spacial score (nSPS) is 11.1. The summed E-state index contributed by atoms with van der Waals surface area (Å²) >= 11 is 1.63. The molecule has 0 radical (unpaired) electrons. The standard InChI is InChI=1S/C11H10N4S/c1-6-14-10(5-16-6)9-4-7-8(12)2-3-13-11(7)15-9/h2-5H,1H3,(H3,12,13,15). The van der Waals surface area contributed by atoms with Crippen LogP contribution in [0.4, 0.5) is 5.69 Å². The third-order valence-corrected chi connectivity index (χ3v) is 3.23. The first-order valence-corrected chi connectivity index (χ1v) is 5.78. The van der Waals surface area contributed by atoms with Crippen molar-refractivity contribution < 1.29 is 0 Å². The van der Waals surface area contributed by atoms with Gasteiger partial charge in [-0.15, -0.1) is 11.3 Å². The van der Waals surface area contributed by atoms with Crippen molar-refractivity contribution in [1.82, 2.24) is 15.0 Å². The molecule has 0 amide bonds. The van der Waals surface area contributed by atoms with Crippen molar-refractivity contribution in [3.63, 3.8) is 0 Å². The van der Waals surface area contributed by atoms with Gasteiger partial charge in [0.25, 0.3) is 0 Å². The van der Waals surface area contributed by atoms with E-state index in [1.807, 2.05) is 18.4 Å². The number of thiazole rings is 1. The van der Waals surface area contributed by atoms with Crippen LogP contribution in [0.3, 0.4) is 0 Å². The fourth-order valence-electron chi connectivity index (χ4n) is 1.67. The van der Waals surface area contributed by atoms with Gasteiger partial charge in [-0.3, -0.25) is 0 Å². The number of pyridine rings is 1. The number of fused-ring (bicyclic) bond motifs is 1. The number of H-pyrrole nitrogens is 1. The molecule has 0 aliphatic heterocycles. The van der Waals surface area contributed by atoms with Crippen molar-refractivity contribution in [2.75, 3.05) is 5.73 Å². The molecule has 0 atom stereocenters. The molecule has 0 unspecified atom stereocenters. The SMILES string of the molecule is Cc1nc(-c2cc3c(N)ccnc3[nH]2)cs1. The number of anilines is 1. The van der Waals surface area contributed by atoms with Gasteiger partial charge >= 0.3 is 0 Å². The van der Waals surface area contributed by atoms with E-state index in [1.54, 1.807) is 23.6 Å². The van der Waals surface area contributed by atoms with Crippen molar-refractivity contribution in [3.05, 3.63) is 28.7 Å². The highest BCUT2D eigenvalue weighted by Gasteiger charge is 2.08. The van der Waals surface area contributed by atoms with Crippen LogP contribution < -0.4 is 5.73 Å². The van der Waals surface area contributed by atoms with Gasteiger partial charge in [-0.25, -0.2) is 9.97 Å². The van der Waals surface area contributed by atoms with Crippen LogP contribution in [0.2, 0.25) is 0 Å². The summed E-state index contributed by atoms with van der Waals surface area (Å²) in [5, 5.41) is 4.02. The van der Waals surface area contributed by atoms with Crippen molar-refractivity contribution in [2.24, 2.45) is 0 Å². The highest BCUT2D eigenvalue weighted by atomic mass is 32.1. The van der Waals surface area contributed by atoms with Crippen LogP contribution in [0.15, 0.2) is 23.7 Å². The van der Waals surface area contributed by atoms with E-state index in [0.717, 1.165) is 33.1 Å². The lowest BCUT2D eigenvalue weighted by Crippen LogP contribution is -1.85. The first kappa shape index (κ1) is 9.35. The highest BCUT2D eigenvalue weighted by molar-refractivity contribution is 7.09. The second-order valence-electron chi connectivity index (χ2n) is 3.60. The van der Waals surface area contributed by atoms with Crippen LogP contribution in [0.25, 0.3) is 22.4 Å². The van der Waals surface area contributed by atoms with Gasteiger partial charge in [-0.2, -0.15) is 0 Å². The predicted molar refractivity (Wildman–Crippen MR) is 66.4 cm³/mol. The van der Waals surface area contributed by atoms with Gasteiger partial charge in [0.15, 0.2) is 0 Å². The lowest BCUT2D eigenvalue weighted by atomic mass is 10.2. The molecule has 3 rings (SSSR count). The number of aryl methyl sites for hydroxylation is 1. The number of nitrogens with two attached hydrogens (primary N) is 1. The van der Waals surface area contributed by atoms with Gasteiger partial charge in [0.1, 0.15) is 5.65 Å². The Balaban J connectivity index is 2.22. The Labute approximate surface area is 96.2 Å². The number of nitrogens with zero attached hydrogens (tertiary/aromatic N) is 2. The molecule has 80 valence electrons. The number of hydrogen-bond acceptors (Lipinski definition) is 4.